The van der Waals surface area contributed by atoms with E-state index in [9.17, 15) is 0 Å². The summed E-state index contributed by atoms with van der Waals surface area (Å²) in [5.74, 6) is 1.75. The molecule has 2 N–H and O–H groups in total. The maximum absolute atomic E-state index is 6.03. The normalized spacial score (nSPS) is 39.0. The van der Waals surface area contributed by atoms with Crippen LogP contribution in [-0.2, 0) is 0 Å². The van der Waals surface area contributed by atoms with Crippen LogP contribution < -0.4 is 5.73 Å². The van der Waals surface area contributed by atoms with Crippen LogP contribution in [0, 0.1) is 11.8 Å². The first-order valence-electron chi connectivity index (χ1n) is 4.99. The molecular formula is C10H21N. The van der Waals surface area contributed by atoms with Crippen LogP contribution in [-0.4, -0.2) is 6.04 Å². The van der Waals surface area contributed by atoms with Crippen molar-refractivity contribution < 1.29 is 0 Å². The minimum Gasteiger partial charge on any atom is -0.327 e. The summed E-state index contributed by atoms with van der Waals surface area (Å²) in [6.45, 7) is 4.61. The van der Waals surface area contributed by atoms with Gasteiger partial charge >= 0.3 is 0 Å². The molecule has 1 aliphatic carbocycles. The molecule has 0 aliphatic heterocycles. The largest absolute Gasteiger partial charge is 0.327 e. The van der Waals surface area contributed by atoms with E-state index in [-0.39, 0.29) is 0 Å². The van der Waals surface area contributed by atoms with Crippen LogP contribution >= 0.6 is 0 Å². The highest BCUT2D eigenvalue weighted by Gasteiger charge is 2.24. The Labute approximate surface area is 70.4 Å². The van der Waals surface area contributed by atoms with Gasteiger partial charge in [-0.2, -0.15) is 0 Å². The van der Waals surface area contributed by atoms with Crippen molar-refractivity contribution in [3.63, 3.8) is 0 Å². The van der Waals surface area contributed by atoms with Gasteiger partial charge in [-0.1, -0.05) is 20.3 Å². The second kappa shape index (κ2) is 4.10. The molecule has 0 aromatic heterocycles. The Morgan fingerprint density at radius 3 is 2.73 bits per heavy atom. The van der Waals surface area contributed by atoms with Crippen molar-refractivity contribution in [3.05, 3.63) is 0 Å². The van der Waals surface area contributed by atoms with Crippen molar-refractivity contribution in [2.75, 3.05) is 0 Å². The van der Waals surface area contributed by atoms with Gasteiger partial charge in [0.1, 0.15) is 0 Å². The maximum atomic E-state index is 6.03. The van der Waals surface area contributed by atoms with Crippen molar-refractivity contribution in [1.82, 2.24) is 0 Å². The van der Waals surface area contributed by atoms with Gasteiger partial charge in [-0.3, -0.25) is 0 Å². The summed E-state index contributed by atoms with van der Waals surface area (Å²) in [4.78, 5) is 0. The van der Waals surface area contributed by atoms with Crippen LogP contribution in [0.1, 0.15) is 46.0 Å². The smallest absolute Gasteiger partial charge is 0.00673 e. The molecule has 0 aromatic rings. The quantitative estimate of drug-likeness (QED) is 0.651. The van der Waals surface area contributed by atoms with Gasteiger partial charge in [0.15, 0.2) is 0 Å². The summed E-state index contributed by atoms with van der Waals surface area (Å²) in [6.07, 6.45) is 6.61. The van der Waals surface area contributed by atoms with Gasteiger partial charge in [-0.25, -0.2) is 0 Å². The Bertz CT molecular complexity index is 111. The molecule has 1 fully saturated rings. The third-order valence-corrected chi connectivity index (χ3v) is 2.96. The first kappa shape index (κ1) is 9.05. The molecule has 1 nitrogen and oxygen atoms in total. The molecule has 3 unspecified atom stereocenters. The minimum atomic E-state index is 0.506. The van der Waals surface area contributed by atoms with Crippen molar-refractivity contribution in [2.24, 2.45) is 17.6 Å². The van der Waals surface area contributed by atoms with E-state index in [2.05, 4.69) is 13.8 Å². The van der Waals surface area contributed by atoms with E-state index in [1.165, 1.54) is 32.1 Å². The van der Waals surface area contributed by atoms with Crippen molar-refractivity contribution in [2.45, 2.75) is 52.0 Å². The average Bonchev–Trinajstić information content (AvgIpc) is 1.98. The maximum Gasteiger partial charge on any atom is 0.00673 e. The van der Waals surface area contributed by atoms with E-state index in [1.54, 1.807) is 0 Å². The Kier molecular flexibility index (Phi) is 3.38. The molecule has 0 aromatic carbocycles. The van der Waals surface area contributed by atoms with Crippen molar-refractivity contribution in [1.29, 1.82) is 0 Å². The highest BCUT2D eigenvalue weighted by Crippen LogP contribution is 2.30. The zero-order valence-corrected chi connectivity index (χ0v) is 7.84. The van der Waals surface area contributed by atoms with E-state index in [1.807, 2.05) is 0 Å². The number of hydrogen-bond acceptors (Lipinski definition) is 1. The Morgan fingerprint density at radius 2 is 2.09 bits per heavy atom. The summed E-state index contributed by atoms with van der Waals surface area (Å²) in [5, 5.41) is 0. The van der Waals surface area contributed by atoms with Crippen LogP contribution in [0.25, 0.3) is 0 Å². The van der Waals surface area contributed by atoms with Gasteiger partial charge in [0.05, 0.1) is 0 Å². The van der Waals surface area contributed by atoms with Gasteiger partial charge in [0.2, 0.25) is 0 Å². The Morgan fingerprint density at radius 1 is 1.36 bits per heavy atom. The highest BCUT2D eigenvalue weighted by atomic mass is 14.7. The molecule has 66 valence electrons. The van der Waals surface area contributed by atoms with Gasteiger partial charge < -0.3 is 5.73 Å². The Balaban J connectivity index is 2.34. The standard InChI is InChI=1S/C10H21N/c1-3-4-9-7-8(2)5-6-10(9)11/h8-10H,3-7,11H2,1-2H3. The van der Waals surface area contributed by atoms with E-state index in [0.717, 1.165) is 11.8 Å². The molecule has 11 heavy (non-hydrogen) atoms. The second-order valence-corrected chi connectivity index (χ2v) is 4.13. The van der Waals surface area contributed by atoms with Crippen LogP contribution in [0.15, 0.2) is 0 Å². The van der Waals surface area contributed by atoms with Gasteiger partial charge in [-0.05, 0) is 37.5 Å². The van der Waals surface area contributed by atoms with Gasteiger partial charge in [-0.15, -0.1) is 0 Å². The lowest BCUT2D eigenvalue weighted by Gasteiger charge is -2.32. The lowest BCUT2D eigenvalue weighted by molar-refractivity contribution is 0.233. The van der Waals surface area contributed by atoms with E-state index in [0.29, 0.717) is 6.04 Å². The molecule has 1 aliphatic rings. The average molecular weight is 155 g/mol. The molecule has 3 atom stereocenters. The fourth-order valence-electron chi connectivity index (χ4n) is 2.22. The number of nitrogens with two attached hydrogens (primary N) is 1. The molecular weight excluding hydrogens is 134 g/mol. The molecule has 0 saturated heterocycles. The number of hydrogen-bond donors (Lipinski definition) is 1. The first-order valence-corrected chi connectivity index (χ1v) is 4.99. The molecule has 1 heteroatoms. The third kappa shape index (κ3) is 2.48. The highest BCUT2D eigenvalue weighted by molar-refractivity contribution is 4.80. The minimum absolute atomic E-state index is 0.506. The van der Waals surface area contributed by atoms with Gasteiger partial charge in [0, 0.05) is 6.04 Å². The fourth-order valence-corrected chi connectivity index (χ4v) is 2.22. The summed E-state index contributed by atoms with van der Waals surface area (Å²) in [6, 6.07) is 0.506. The predicted molar refractivity (Wildman–Crippen MR) is 49.4 cm³/mol. The molecule has 0 bridgehead atoms. The van der Waals surface area contributed by atoms with Gasteiger partial charge in [0.25, 0.3) is 0 Å². The lowest BCUT2D eigenvalue weighted by atomic mass is 9.77. The summed E-state index contributed by atoms with van der Waals surface area (Å²) < 4.78 is 0. The molecule has 1 saturated carbocycles. The first-order chi connectivity index (χ1) is 5.24. The summed E-state index contributed by atoms with van der Waals surface area (Å²) >= 11 is 0. The zero-order chi connectivity index (χ0) is 8.27. The zero-order valence-electron chi connectivity index (χ0n) is 7.84. The van der Waals surface area contributed by atoms with E-state index in [4.69, 9.17) is 5.73 Å². The lowest BCUT2D eigenvalue weighted by Crippen LogP contribution is -2.35. The predicted octanol–water partition coefficient (Wildman–Crippen LogP) is 2.55. The molecule has 0 heterocycles. The fraction of sp³-hybridized carbons (Fsp3) is 1.00. The molecule has 0 amide bonds. The summed E-state index contributed by atoms with van der Waals surface area (Å²) in [7, 11) is 0. The molecule has 0 radical (unpaired) electrons. The van der Waals surface area contributed by atoms with Crippen molar-refractivity contribution >= 4 is 0 Å². The SMILES string of the molecule is CCCC1CC(C)CCC1N. The summed E-state index contributed by atoms with van der Waals surface area (Å²) in [5.41, 5.74) is 6.03. The Hall–Kier alpha value is -0.0400. The van der Waals surface area contributed by atoms with Crippen LogP contribution in [0.2, 0.25) is 0 Å². The topological polar surface area (TPSA) is 26.0 Å². The second-order valence-electron chi connectivity index (χ2n) is 4.13. The monoisotopic (exact) mass is 155 g/mol. The van der Waals surface area contributed by atoms with E-state index < -0.39 is 0 Å². The van der Waals surface area contributed by atoms with Crippen LogP contribution in [0.5, 0.6) is 0 Å². The number of rotatable bonds is 2. The molecule has 0 spiro atoms. The van der Waals surface area contributed by atoms with Crippen molar-refractivity contribution in [3.8, 4) is 0 Å². The molecule has 1 rings (SSSR count). The van der Waals surface area contributed by atoms with Crippen LogP contribution in [0.3, 0.4) is 0 Å². The van der Waals surface area contributed by atoms with E-state index >= 15 is 0 Å². The van der Waals surface area contributed by atoms with Crippen LogP contribution in [0.4, 0.5) is 0 Å². The third-order valence-electron chi connectivity index (χ3n) is 2.96.